The molecule has 1 fully saturated rings. The number of carbonyl (C=O) groups is 4. The summed E-state index contributed by atoms with van der Waals surface area (Å²) < 4.78 is 54.2. The number of hydrogen-bond donors (Lipinski definition) is 1. The van der Waals surface area contributed by atoms with E-state index in [9.17, 15) is 19.2 Å². The Morgan fingerprint density at radius 2 is 1.33 bits per heavy atom. The molecule has 1 heterocycles. The lowest BCUT2D eigenvalue weighted by Crippen LogP contribution is -2.60. The topological polar surface area (TPSA) is 114 Å². The van der Waals surface area contributed by atoms with Gasteiger partial charge in [0.1, 0.15) is 86.8 Å². The van der Waals surface area contributed by atoms with Crippen LogP contribution in [-0.2, 0) is 42.9 Å². The first kappa shape index (κ1) is 15.1. The van der Waals surface area contributed by atoms with E-state index >= 15 is 0 Å². The van der Waals surface area contributed by atoms with Crippen molar-refractivity contribution >= 4 is 37.7 Å². The molecule has 0 saturated carbocycles. The first-order valence-corrected chi connectivity index (χ1v) is 7.37. The number of ether oxygens (including phenoxy) is 5. The van der Waals surface area contributed by atoms with Crippen LogP contribution in [0, 0.1) is 0 Å². The summed E-state index contributed by atoms with van der Waals surface area (Å²) in [7, 11) is 0. The number of thiol groups is 1. The van der Waals surface area contributed by atoms with Crippen LogP contribution < -0.4 is 0 Å². The minimum Gasteiger partial charge on any atom is -0.371 e. The molecule has 0 aliphatic carbocycles. The second kappa shape index (κ2) is 12.2. The maximum absolute atomic E-state index is 11.0. The fourth-order valence-corrected chi connectivity index (χ4v) is 2.62. The Hall–Kier alpha value is -1.17. The zero-order valence-corrected chi connectivity index (χ0v) is 13.4. The zero-order valence-electron chi connectivity index (χ0n) is 16.5. The van der Waals surface area contributed by atoms with Crippen LogP contribution in [0.15, 0.2) is 0 Å². The van der Waals surface area contributed by atoms with Gasteiger partial charge in [0.2, 0.25) is 0 Å². The molecule has 0 amide bonds. The normalized spacial score (nSPS) is 32.1. The lowest BCUT2D eigenvalue weighted by atomic mass is 9.99. The van der Waals surface area contributed by atoms with Gasteiger partial charge in [-0.1, -0.05) is 0 Å². The smallest absolute Gasteiger partial charge is 0.145 e. The molecule has 0 N–H and O–H groups in total. The summed E-state index contributed by atoms with van der Waals surface area (Å²) >= 11 is 4.18. The quantitative estimate of drug-likeness (QED) is 0.310. The van der Waals surface area contributed by atoms with Crippen LogP contribution in [-0.4, -0.2) is 87.9 Å². The highest BCUT2D eigenvalue weighted by Gasteiger charge is 2.47. The summed E-state index contributed by atoms with van der Waals surface area (Å²) in [5, 5.41) is 0. The highest BCUT2D eigenvalue weighted by molar-refractivity contribution is 7.80. The molecule has 5 atom stereocenters. The third-order valence-electron chi connectivity index (χ3n) is 3.06. The molecule has 136 valence electrons. The molecule has 10 heteroatoms. The van der Waals surface area contributed by atoms with E-state index in [1.807, 2.05) is 0 Å². The first-order valence-electron chi connectivity index (χ1n) is 8.85. The summed E-state index contributed by atoms with van der Waals surface area (Å²) in [6, 6.07) is 0. The molecule has 0 bridgehead atoms. The highest BCUT2D eigenvalue weighted by Crippen LogP contribution is 2.29. The first-order chi connectivity index (χ1) is 13.1. The molecule has 1 unspecified atom stereocenters. The van der Waals surface area contributed by atoms with Crippen molar-refractivity contribution in [2.75, 3.05) is 33.0 Å². The number of hydrogen-bond acceptors (Lipinski definition) is 10. The van der Waals surface area contributed by atoms with E-state index in [2.05, 4.69) is 12.6 Å². The van der Waals surface area contributed by atoms with Crippen LogP contribution in [0.1, 0.15) is 5.48 Å². The Morgan fingerprint density at radius 3 is 1.88 bits per heavy atom. The molecular weight excluding hydrogens is 344 g/mol. The van der Waals surface area contributed by atoms with Gasteiger partial charge in [0, 0.05) is 0 Å². The van der Waals surface area contributed by atoms with Crippen LogP contribution in [0.2, 0.25) is 0 Å². The third kappa shape index (κ3) is 6.38. The van der Waals surface area contributed by atoms with Gasteiger partial charge in [-0.25, -0.2) is 0 Å². The highest BCUT2D eigenvalue weighted by atomic mass is 32.1. The maximum Gasteiger partial charge on any atom is 0.145 e. The lowest BCUT2D eigenvalue weighted by Gasteiger charge is -2.44. The second-order valence-corrected chi connectivity index (χ2v) is 4.99. The van der Waals surface area contributed by atoms with Crippen LogP contribution in [0.4, 0.5) is 0 Å². The zero-order chi connectivity index (χ0) is 21.3. The van der Waals surface area contributed by atoms with Gasteiger partial charge in [-0.3, -0.25) is 0 Å². The molecule has 0 radical (unpaired) electrons. The SMILES string of the molecule is [2H]C(=O)COC[C@H]1OC(S)[C@@H](OCC([2H])=O)[C@@H](OCC([2H])=O)[C@@H]1OCC([2H])=O. The molecule has 1 aliphatic rings. The van der Waals surface area contributed by atoms with Gasteiger partial charge in [0.25, 0.3) is 0 Å². The Kier molecular flexibility index (Phi) is 7.70. The molecule has 9 nitrogen and oxygen atoms in total. The van der Waals surface area contributed by atoms with Gasteiger partial charge in [0.15, 0.2) is 0 Å². The maximum atomic E-state index is 11.0. The van der Waals surface area contributed by atoms with Crippen molar-refractivity contribution in [2.45, 2.75) is 29.9 Å². The van der Waals surface area contributed by atoms with E-state index in [0.29, 0.717) is 0 Å². The van der Waals surface area contributed by atoms with E-state index in [-0.39, 0.29) is 6.61 Å². The summed E-state index contributed by atoms with van der Waals surface area (Å²) in [6.45, 7) is -2.80. The van der Waals surface area contributed by atoms with Crippen molar-refractivity contribution in [1.82, 2.24) is 0 Å². The molecule has 1 saturated heterocycles. The number of carbonyl (C=O) groups excluding carboxylic acids is 4. The van der Waals surface area contributed by atoms with E-state index < -0.39 is 81.3 Å². The van der Waals surface area contributed by atoms with Gasteiger partial charge >= 0.3 is 0 Å². The minimum absolute atomic E-state index is 0.280. The van der Waals surface area contributed by atoms with Gasteiger partial charge in [-0.2, -0.15) is 0 Å². The van der Waals surface area contributed by atoms with E-state index in [4.69, 9.17) is 29.2 Å². The van der Waals surface area contributed by atoms with Gasteiger partial charge in [-0.05, 0) is 0 Å². The molecule has 24 heavy (non-hydrogen) atoms. The largest absolute Gasteiger partial charge is 0.371 e. The van der Waals surface area contributed by atoms with Crippen molar-refractivity contribution in [3.8, 4) is 0 Å². The average Bonchev–Trinajstić information content (AvgIpc) is 2.57. The molecule has 1 aliphatic heterocycles. The van der Waals surface area contributed by atoms with Gasteiger partial charge in [-0.15, -0.1) is 12.6 Å². The Labute approximate surface area is 149 Å². The van der Waals surface area contributed by atoms with Crippen LogP contribution in [0.25, 0.3) is 0 Å². The molecule has 0 aromatic carbocycles. The Balaban J connectivity index is 3.03. The van der Waals surface area contributed by atoms with Crippen molar-refractivity contribution in [1.29, 1.82) is 0 Å². The monoisotopic (exact) mass is 368 g/mol. The van der Waals surface area contributed by atoms with E-state index in [1.54, 1.807) is 0 Å². The fraction of sp³-hybridized carbons (Fsp3) is 0.714. The lowest BCUT2D eigenvalue weighted by molar-refractivity contribution is -0.241. The number of aldehydes is 4. The van der Waals surface area contributed by atoms with Crippen LogP contribution in [0.5, 0.6) is 0 Å². The predicted molar refractivity (Wildman–Crippen MR) is 81.9 cm³/mol. The van der Waals surface area contributed by atoms with E-state index in [0.717, 1.165) is 0 Å². The molecular formula is C14H20O9S. The molecule has 0 aromatic heterocycles. The van der Waals surface area contributed by atoms with Crippen molar-refractivity contribution in [3.63, 3.8) is 0 Å². The van der Waals surface area contributed by atoms with Gasteiger partial charge < -0.3 is 42.9 Å². The van der Waals surface area contributed by atoms with Crippen molar-refractivity contribution in [2.24, 2.45) is 0 Å². The average molecular weight is 368 g/mol. The van der Waals surface area contributed by atoms with E-state index in [1.165, 1.54) is 0 Å². The summed E-state index contributed by atoms with van der Waals surface area (Å²) in [5.74, 6) is 0. The summed E-state index contributed by atoms with van der Waals surface area (Å²) in [6.07, 6.45) is -8.64. The summed E-state index contributed by atoms with van der Waals surface area (Å²) in [5.41, 5.74) is -1.04. The van der Waals surface area contributed by atoms with Crippen molar-refractivity contribution < 1.29 is 48.3 Å². The van der Waals surface area contributed by atoms with Crippen molar-refractivity contribution in [3.05, 3.63) is 0 Å². The molecule has 1 rings (SSSR count). The Bertz CT molecular complexity index is 579. The fourth-order valence-electron chi connectivity index (χ4n) is 2.21. The second-order valence-electron chi connectivity index (χ2n) is 4.48. The van der Waals surface area contributed by atoms with Crippen LogP contribution >= 0.6 is 12.6 Å². The minimum atomic E-state index is -1.18. The third-order valence-corrected chi connectivity index (χ3v) is 3.47. The molecule has 0 aromatic rings. The van der Waals surface area contributed by atoms with Gasteiger partial charge in [0.05, 0.1) is 6.61 Å². The van der Waals surface area contributed by atoms with Crippen LogP contribution in [0.3, 0.4) is 0 Å². The predicted octanol–water partition coefficient (Wildman–Crippen LogP) is -1.39. The standard InChI is InChI=1S/C14H20O9S/c15-1-5-19-9-10-11(20-6-2-16)12(21-7-3-17)13(14(24)23-10)22-8-4-18/h1-4,10-14,24H,5-9H2/t10-,11-,12+,13+,14?/m1/s1/i1D,2D,3D,4D. The molecule has 0 spiro atoms. The number of rotatable bonds is 13. The Morgan fingerprint density at radius 1 is 0.833 bits per heavy atom. The summed E-state index contributed by atoms with van der Waals surface area (Å²) in [4.78, 5) is 43.6.